The summed E-state index contributed by atoms with van der Waals surface area (Å²) in [6.45, 7) is 8.50. The topological polar surface area (TPSA) is 35.2 Å². The Labute approximate surface area is 126 Å². The van der Waals surface area contributed by atoms with Gasteiger partial charge < -0.3 is 10.5 Å². The van der Waals surface area contributed by atoms with E-state index < -0.39 is 0 Å². The van der Waals surface area contributed by atoms with E-state index in [2.05, 4.69) is 58.0 Å². The van der Waals surface area contributed by atoms with Gasteiger partial charge in [0, 0.05) is 24.1 Å². The first-order valence-corrected chi connectivity index (χ1v) is 7.52. The first kappa shape index (κ1) is 14.0. The van der Waals surface area contributed by atoms with Crippen LogP contribution in [0, 0.1) is 20.8 Å². The number of ether oxygens (including phenoxy) is 1. The third-order valence-electron chi connectivity index (χ3n) is 4.76. The Kier molecular flexibility index (Phi) is 3.20. The molecule has 0 bridgehead atoms. The van der Waals surface area contributed by atoms with Crippen molar-refractivity contribution in [3.05, 3.63) is 58.1 Å². The van der Waals surface area contributed by atoms with Crippen molar-refractivity contribution in [2.24, 2.45) is 0 Å². The zero-order valence-electron chi connectivity index (χ0n) is 13.3. The van der Waals surface area contributed by atoms with E-state index in [-0.39, 0.29) is 5.60 Å². The fourth-order valence-corrected chi connectivity index (χ4v) is 3.35. The molecule has 0 aliphatic carbocycles. The Morgan fingerprint density at radius 1 is 1.05 bits per heavy atom. The highest BCUT2D eigenvalue weighted by Gasteiger charge is 2.37. The summed E-state index contributed by atoms with van der Waals surface area (Å²) in [6.07, 6.45) is 1.84. The van der Waals surface area contributed by atoms with Crippen LogP contribution in [0.4, 0.5) is 5.69 Å². The third kappa shape index (κ3) is 2.29. The van der Waals surface area contributed by atoms with Crippen molar-refractivity contribution >= 4 is 5.69 Å². The molecule has 0 fully saturated rings. The van der Waals surface area contributed by atoms with Gasteiger partial charge in [-0.25, -0.2) is 0 Å². The maximum atomic E-state index is 6.39. The molecule has 0 saturated carbocycles. The Bertz CT molecular complexity index is 652. The van der Waals surface area contributed by atoms with E-state index in [1.165, 1.54) is 22.3 Å². The fourth-order valence-electron chi connectivity index (χ4n) is 3.35. The number of hydrogen-bond acceptors (Lipinski definition) is 2. The molecular formula is C19H23NO. The van der Waals surface area contributed by atoms with Crippen molar-refractivity contribution in [3.63, 3.8) is 0 Å². The van der Waals surface area contributed by atoms with Crippen molar-refractivity contribution in [1.82, 2.24) is 0 Å². The van der Waals surface area contributed by atoms with E-state index in [0.717, 1.165) is 29.8 Å². The molecule has 0 amide bonds. The van der Waals surface area contributed by atoms with Crippen LogP contribution in [0.25, 0.3) is 0 Å². The summed E-state index contributed by atoms with van der Waals surface area (Å²) < 4.78 is 6.39. The van der Waals surface area contributed by atoms with Crippen molar-refractivity contribution in [1.29, 1.82) is 0 Å². The molecule has 110 valence electrons. The molecule has 2 aromatic rings. The van der Waals surface area contributed by atoms with Gasteiger partial charge in [0.05, 0.1) is 0 Å². The van der Waals surface area contributed by atoms with Crippen LogP contribution in [0.5, 0.6) is 5.75 Å². The van der Waals surface area contributed by atoms with Crippen LogP contribution in [0.15, 0.2) is 30.3 Å². The predicted octanol–water partition coefficient (Wildman–Crippen LogP) is 4.13. The van der Waals surface area contributed by atoms with Gasteiger partial charge in [0.15, 0.2) is 0 Å². The molecule has 1 aliphatic heterocycles. The van der Waals surface area contributed by atoms with Gasteiger partial charge in [-0.1, -0.05) is 30.3 Å². The van der Waals surface area contributed by atoms with Crippen LogP contribution in [0.2, 0.25) is 0 Å². The Balaban J connectivity index is 1.97. The summed E-state index contributed by atoms with van der Waals surface area (Å²) in [5.41, 5.74) is 13.1. The number of fused-ring (bicyclic) bond motifs is 1. The molecule has 0 aromatic heterocycles. The molecule has 21 heavy (non-hydrogen) atoms. The van der Waals surface area contributed by atoms with Gasteiger partial charge in [-0.15, -0.1) is 0 Å². The van der Waals surface area contributed by atoms with Crippen LogP contribution < -0.4 is 10.5 Å². The average molecular weight is 281 g/mol. The molecule has 1 atom stereocenters. The molecule has 0 spiro atoms. The Morgan fingerprint density at radius 3 is 2.38 bits per heavy atom. The normalized spacial score (nSPS) is 20.2. The van der Waals surface area contributed by atoms with Gasteiger partial charge in [-0.05, 0) is 49.9 Å². The number of benzene rings is 2. The molecule has 2 N–H and O–H groups in total. The molecule has 1 unspecified atom stereocenters. The summed E-state index contributed by atoms with van der Waals surface area (Å²) in [4.78, 5) is 0. The minimum Gasteiger partial charge on any atom is -0.486 e. The summed E-state index contributed by atoms with van der Waals surface area (Å²) in [7, 11) is 0. The highest BCUT2D eigenvalue weighted by Crippen LogP contribution is 2.44. The number of nitrogen functional groups attached to an aromatic ring is 1. The number of hydrogen-bond donors (Lipinski definition) is 1. The number of anilines is 1. The summed E-state index contributed by atoms with van der Waals surface area (Å²) >= 11 is 0. The Hall–Kier alpha value is -1.96. The standard InChI is InChI=1S/C19H23NO/c1-12-13(2)18-16(14(3)17(12)20)11-19(4,21-18)10-15-8-6-5-7-9-15/h5-9H,10-11,20H2,1-4H3. The van der Waals surface area contributed by atoms with Crippen molar-refractivity contribution in [2.45, 2.75) is 46.1 Å². The Morgan fingerprint density at radius 2 is 1.71 bits per heavy atom. The van der Waals surface area contributed by atoms with E-state index in [4.69, 9.17) is 10.5 Å². The quantitative estimate of drug-likeness (QED) is 0.840. The predicted molar refractivity (Wildman–Crippen MR) is 87.9 cm³/mol. The number of nitrogens with two attached hydrogens (primary N) is 1. The second-order valence-electron chi connectivity index (χ2n) is 6.49. The van der Waals surface area contributed by atoms with Gasteiger partial charge in [0.1, 0.15) is 11.4 Å². The van der Waals surface area contributed by atoms with E-state index >= 15 is 0 Å². The van der Waals surface area contributed by atoms with E-state index in [1.807, 2.05) is 0 Å². The van der Waals surface area contributed by atoms with Crippen LogP contribution in [-0.2, 0) is 12.8 Å². The average Bonchev–Trinajstić information content (AvgIpc) is 2.82. The van der Waals surface area contributed by atoms with E-state index in [9.17, 15) is 0 Å². The highest BCUT2D eigenvalue weighted by atomic mass is 16.5. The minimum absolute atomic E-state index is 0.181. The van der Waals surface area contributed by atoms with Gasteiger partial charge in [0.25, 0.3) is 0 Å². The lowest BCUT2D eigenvalue weighted by Gasteiger charge is -2.24. The van der Waals surface area contributed by atoms with Gasteiger partial charge in [0.2, 0.25) is 0 Å². The van der Waals surface area contributed by atoms with E-state index in [0.29, 0.717) is 0 Å². The maximum absolute atomic E-state index is 6.39. The zero-order valence-corrected chi connectivity index (χ0v) is 13.3. The summed E-state index contributed by atoms with van der Waals surface area (Å²) in [5.74, 6) is 1.05. The summed E-state index contributed by atoms with van der Waals surface area (Å²) in [6, 6.07) is 10.5. The molecule has 2 heteroatoms. The molecular weight excluding hydrogens is 258 g/mol. The van der Waals surface area contributed by atoms with Gasteiger partial charge in [-0.3, -0.25) is 0 Å². The van der Waals surface area contributed by atoms with Crippen molar-refractivity contribution in [2.75, 3.05) is 5.73 Å². The second-order valence-corrected chi connectivity index (χ2v) is 6.49. The molecule has 1 aliphatic rings. The van der Waals surface area contributed by atoms with E-state index in [1.54, 1.807) is 0 Å². The molecule has 2 aromatic carbocycles. The molecule has 1 heterocycles. The first-order valence-electron chi connectivity index (χ1n) is 7.52. The zero-order chi connectivity index (χ0) is 15.2. The van der Waals surface area contributed by atoms with Crippen molar-refractivity contribution < 1.29 is 4.74 Å². The van der Waals surface area contributed by atoms with Crippen LogP contribution in [-0.4, -0.2) is 5.60 Å². The van der Waals surface area contributed by atoms with Gasteiger partial charge in [-0.2, -0.15) is 0 Å². The highest BCUT2D eigenvalue weighted by molar-refractivity contribution is 5.66. The fraction of sp³-hybridized carbons (Fsp3) is 0.368. The lowest BCUT2D eigenvalue weighted by atomic mass is 9.88. The maximum Gasteiger partial charge on any atom is 0.127 e. The first-order chi connectivity index (χ1) is 9.91. The smallest absolute Gasteiger partial charge is 0.127 e. The molecule has 0 radical (unpaired) electrons. The van der Waals surface area contributed by atoms with Crippen LogP contribution >= 0.6 is 0 Å². The molecule has 3 rings (SSSR count). The minimum atomic E-state index is -0.181. The largest absolute Gasteiger partial charge is 0.486 e. The summed E-state index contributed by atoms with van der Waals surface area (Å²) in [5, 5.41) is 0. The third-order valence-corrected chi connectivity index (χ3v) is 4.76. The van der Waals surface area contributed by atoms with Crippen molar-refractivity contribution in [3.8, 4) is 5.75 Å². The number of rotatable bonds is 2. The molecule has 0 saturated heterocycles. The second kappa shape index (κ2) is 4.80. The lowest BCUT2D eigenvalue weighted by molar-refractivity contribution is 0.116. The molecule has 2 nitrogen and oxygen atoms in total. The van der Waals surface area contributed by atoms with Gasteiger partial charge >= 0.3 is 0 Å². The monoisotopic (exact) mass is 281 g/mol. The SMILES string of the molecule is Cc1c(C)c2c(c(C)c1N)CC(C)(Cc1ccccc1)O2. The lowest BCUT2D eigenvalue weighted by Crippen LogP contribution is -2.33. The van der Waals surface area contributed by atoms with Crippen LogP contribution in [0.3, 0.4) is 0 Å². The van der Waals surface area contributed by atoms with Crippen LogP contribution in [0.1, 0.15) is 34.7 Å².